The summed E-state index contributed by atoms with van der Waals surface area (Å²) in [4.78, 5) is 10.2. The first-order valence-corrected chi connectivity index (χ1v) is 3.45. The maximum Gasteiger partial charge on any atom is 0.307 e. The lowest BCUT2D eigenvalue weighted by molar-refractivity contribution is -0.136. The molecule has 0 aliphatic carbocycles. The van der Waals surface area contributed by atoms with Crippen LogP contribution in [0.5, 0.6) is 0 Å². The summed E-state index contributed by atoms with van der Waals surface area (Å²) in [5.74, 6) is -0.745. The Morgan fingerprint density at radius 1 is 1.30 bits per heavy atom. The fourth-order valence-corrected chi connectivity index (χ4v) is 0.680. The first-order chi connectivity index (χ1) is 4.57. The number of carboxylic acid groups (broad SMARTS) is 1. The molecule has 1 N–H and O–H groups in total. The number of allylic oxidation sites excluding steroid dienone is 1. The van der Waals surface area contributed by atoms with Crippen molar-refractivity contribution in [3.05, 3.63) is 11.1 Å². The molecular weight excluding hydrogens is 128 g/mol. The zero-order valence-electron chi connectivity index (χ0n) is 6.77. The Bertz CT molecular complexity index is 157. The Morgan fingerprint density at radius 2 is 1.80 bits per heavy atom. The summed E-state index contributed by atoms with van der Waals surface area (Å²) in [6.07, 6.45) is 1.12. The molecule has 0 fully saturated rings. The van der Waals surface area contributed by atoms with Crippen LogP contribution in [0.1, 0.15) is 33.6 Å². The van der Waals surface area contributed by atoms with E-state index >= 15 is 0 Å². The van der Waals surface area contributed by atoms with Crippen LogP contribution in [0.3, 0.4) is 0 Å². The van der Waals surface area contributed by atoms with Crippen molar-refractivity contribution in [1.29, 1.82) is 0 Å². The molecule has 0 bridgehead atoms. The van der Waals surface area contributed by atoms with Crippen molar-refractivity contribution >= 4 is 5.97 Å². The molecule has 0 saturated carbocycles. The van der Waals surface area contributed by atoms with Crippen LogP contribution in [-0.4, -0.2) is 11.1 Å². The summed E-state index contributed by atoms with van der Waals surface area (Å²) in [5, 5.41) is 8.39. The number of carbonyl (C=O) groups is 1. The third-order valence-electron chi connectivity index (χ3n) is 1.68. The largest absolute Gasteiger partial charge is 0.481 e. The summed E-state index contributed by atoms with van der Waals surface area (Å²) < 4.78 is 0. The quantitative estimate of drug-likeness (QED) is 0.613. The summed E-state index contributed by atoms with van der Waals surface area (Å²) in [5.41, 5.74) is 2.16. The minimum atomic E-state index is -0.745. The summed E-state index contributed by atoms with van der Waals surface area (Å²) >= 11 is 0. The van der Waals surface area contributed by atoms with Gasteiger partial charge in [-0.25, -0.2) is 0 Å². The smallest absolute Gasteiger partial charge is 0.307 e. The average Bonchev–Trinajstić information content (AvgIpc) is 1.85. The van der Waals surface area contributed by atoms with Gasteiger partial charge in [-0.05, 0) is 20.3 Å². The molecule has 0 aliphatic heterocycles. The van der Waals surface area contributed by atoms with Gasteiger partial charge in [0.15, 0.2) is 0 Å². The first kappa shape index (κ1) is 9.21. The highest BCUT2D eigenvalue weighted by Crippen LogP contribution is 2.10. The lowest BCUT2D eigenvalue weighted by atomic mass is 10.1. The van der Waals surface area contributed by atoms with Gasteiger partial charge in [-0.2, -0.15) is 0 Å². The maximum atomic E-state index is 10.2. The van der Waals surface area contributed by atoms with Crippen LogP contribution >= 0.6 is 0 Å². The molecular formula is C8H14O2. The lowest BCUT2D eigenvalue weighted by Crippen LogP contribution is -1.96. The molecule has 2 nitrogen and oxygen atoms in total. The van der Waals surface area contributed by atoms with E-state index in [1.54, 1.807) is 0 Å². The number of aliphatic carboxylic acids is 1. The molecule has 0 aliphatic rings. The highest BCUT2D eigenvalue weighted by atomic mass is 16.4. The van der Waals surface area contributed by atoms with Gasteiger partial charge in [-0.3, -0.25) is 4.79 Å². The molecule has 0 saturated heterocycles. The first-order valence-electron chi connectivity index (χ1n) is 3.45. The van der Waals surface area contributed by atoms with Gasteiger partial charge in [0, 0.05) is 0 Å². The van der Waals surface area contributed by atoms with E-state index in [9.17, 15) is 4.79 Å². The molecule has 0 radical (unpaired) electrons. The number of hydrogen-bond donors (Lipinski definition) is 1. The van der Waals surface area contributed by atoms with Crippen molar-refractivity contribution in [1.82, 2.24) is 0 Å². The summed E-state index contributed by atoms with van der Waals surface area (Å²) in [7, 11) is 0. The molecule has 0 amide bonds. The molecule has 0 atom stereocenters. The Balaban J connectivity index is 4.04. The SMILES string of the molecule is CCC(C)=C(C)CC(=O)O. The van der Waals surface area contributed by atoms with Gasteiger partial charge >= 0.3 is 5.97 Å². The third-order valence-corrected chi connectivity index (χ3v) is 1.68. The normalized spacial score (nSPS) is 12.7. The summed E-state index contributed by atoms with van der Waals surface area (Å²) in [6, 6.07) is 0. The molecule has 0 rings (SSSR count). The van der Waals surface area contributed by atoms with Gasteiger partial charge in [0.05, 0.1) is 6.42 Å². The van der Waals surface area contributed by atoms with E-state index in [-0.39, 0.29) is 6.42 Å². The van der Waals surface area contributed by atoms with Gasteiger partial charge in [0.1, 0.15) is 0 Å². The maximum absolute atomic E-state index is 10.2. The lowest BCUT2D eigenvalue weighted by Gasteiger charge is -2.00. The van der Waals surface area contributed by atoms with E-state index in [1.807, 2.05) is 20.8 Å². The Labute approximate surface area is 61.6 Å². The van der Waals surface area contributed by atoms with E-state index < -0.39 is 5.97 Å². The minimum Gasteiger partial charge on any atom is -0.481 e. The van der Waals surface area contributed by atoms with Crippen molar-refractivity contribution < 1.29 is 9.90 Å². The van der Waals surface area contributed by atoms with Gasteiger partial charge in [-0.15, -0.1) is 0 Å². The predicted octanol–water partition coefficient (Wildman–Crippen LogP) is 2.21. The van der Waals surface area contributed by atoms with Crippen LogP contribution in [0.25, 0.3) is 0 Å². The van der Waals surface area contributed by atoms with Gasteiger partial charge in [0.2, 0.25) is 0 Å². The standard InChI is InChI=1S/C8H14O2/c1-4-6(2)7(3)5-8(9)10/h4-5H2,1-3H3,(H,9,10). The zero-order chi connectivity index (χ0) is 8.15. The molecule has 0 aromatic heterocycles. The van der Waals surface area contributed by atoms with Crippen molar-refractivity contribution in [2.75, 3.05) is 0 Å². The van der Waals surface area contributed by atoms with E-state index in [4.69, 9.17) is 5.11 Å². The third kappa shape index (κ3) is 3.28. The molecule has 0 aromatic carbocycles. The van der Waals surface area contributed by atoms with E-state index in [2.05, 4.69) is 0 Å². The van der Waals surface area contributed by atoms with Crippen LogP contribution in [-0.2, 0) is 4.79 Å². The van der Waals surface area contributed by atoms with Crippen LogP contribution in [0.15, 0.2) is 11.1 Å². The monoisotopic (exact) mass is 142 g/mol. The van der Waals surface area contributed by atoms with Crippen molar-refractivity contribution in [3.8, 4) is 0 Å². The second-order valence-corrected chi connectivity index (χ2v) is 2.48. The van der Waals surface area contributed by atoms with Crippen molar-refractivity contribution in [2.24, 2.45) is 0 Å². The number of rotatable bonds is 3. The van der Waals surface area contributed by atoms with E-state index in [0.717, 1.165) is 12.0 Å². The number of carboxylic acids is 1. The second-order valence-electron chi connectivity index (χ2n) is 2.48. The fourth-order valence-electron chi connectivity index (χ4n) is 0.680. The second kappa shape index (κ2) is 4.09. The Kier molecular flexibility index (Phi) is 3.77. The van der Waals surface area contributed by atoms with E-state index in [1.165, 1.54) is 5.57 Å². The van der Waals surface area contributed by atoms with Crippen molar-refractivity contribution in [3.63, 3.8) is 0 Å². The molecule has 2 heteroatoms. The highest BCUT2D eigenvalue weighted by Gasteiger charge is 2.00. The molecule has 0 spiro atoms. The predicted molar refractivity (Wildman–Crippen MR) is 40.9 cm³/mol. The fraction of sp³-hybridized carbons (Fsp3) is 0.625. The minimum absolute atomic E-state index is 0.180. The molecule has 0 heterocycles. The highest BCUT2D eigenvalue weighted by molar-refractivity contribution is 5.70. The van der Waals surface area contributed by atoms with Crippen LogP contribution in [0.4, 0.5) is 0 Å². The van der Waals surface area contributed by atoms with Crippen LogP contribution in [0.2, 0.25) is 0 Å². The number of hydrogen-bond acceptors (Lipinski definition) is 1. The van der Waals surface area contributed by atoms with E-state index in [0.29, 0.717) is 0 Å². The molecule has 58 valence electrons. The zero-order valence-corrected chi connectivity index (χ0v) is 6.77. The van der Waals surface area contributed by atoms with Gasteiger partial charge < -0.3 is 5.11 Å². The van der Waals surface area contributed by atoms with Gasteiger partial charge in [-0.1, -0.05) is 18.1 Å². The Morgan fingerprint density at radius 3 is 2.10 bits per heavy atom. The topological polar surface area (TPSA) is 37.3 Å². The average molecular weight is 142 g/mol. The summed E-state index contributed by atoms with van der Waals surface area (Å²) in [6.45, 7) is 5.87. The molecule has 0 unspecified atom stereocenters. The van der Waals surface area contributed by atoms with Crippen LogP contribution in [0, 0.1) is 0 Å². The van der Waals surface area contributed by atoms with Crippen molar-refractivity contribution in [2.45, 2.75) is 33.6 Å². The molecule has 10 heavy (non-hydrogen) atoms. The van der Waals surface area contributed by atoms with Crippen LogP contribution < -0.4 is 0 Å². The molecule has 0 aromatic rings. The Hall–Kier alpha value is -0.790. The van der Waals surface area contributed by atoms with Gasteiger partial charge in [0.25, 0.3) is 0 Å².